The first kappa shape index (κ1) is 20.6. The van der Waals surface area contributed by atoms with E-state index < -0.39 is 5.97 Å². The number of thiophene rings is 1. The molecule has 1 heterocycles. The molecule has 0 spiro atoms. The lowest BCUT2D eigenvalue weighted by atomic mass is 10.1. The lowest BCUT2D eigenvalue weighted by molar-refractivity contribution is -0.150. The van der Waals surface area contributed by atoms with E-state index in [4.69, 9.17) is 9.47 Å². The highest BCUT2D eigenvalue weighted by Gasteiger charge is 2.18. The highest BCUT2D eigenvalue weighted by atomic mass is 32.1. The average Bonchev–Trinajstić information content (AvgIpc) is 3.30. The summed E-state index contributed by atoms with van der Waals surface area (Å²) < 4.78 is 10.5. The molecule has 0 saturated heterocycles. The summed E-state index contributed by atoms with van der Waals surface area (Å²) in [6, 6.07) is 20.8. The van der Waals surface area contributed by atoms with Gasteiger partial charge in [0.1, 0.15) is 5.75 Å². The Labute approximate surface area is 174 Å². The average molecular weight is 410 g/mol. The molecule has 0 saturated carbocycles. The van der Waals surface area contributed by atoms with Crippen molar-refractivity contribution >= 4 is 23.2 Å². The maximum Gasteiger partial charge on any atom is 0.344 e. The van der Waals surface area contributed by atoms with Crippen molar-refractivity contribution in [3.63, 3.8) is 0 Å². The van der Waals surface area contributed by atoms with Crippen molar-refractivity contribution in [2.24, 2.45) is 0 Å². The van der Waals surface area contributed by atoms with E-state index in [0.29, 0.717) is 5.75 Å². The summed E-state index contributed by atoms with van der Waals surface area (Å²) >= 11 is 1.56. The molecule has 5 nitrogen and oxygen atoms in total. The molecule has 29 heavy (non-hydrogen) atoms. The maximum atomic E-state index is 12.3. The zero-order valence-electron chi connectivity index (χ0n) is 16.2. The number of nitrogens with one attached hydrogen (secondary N) is 1. The molecule has 3 aromatic rings. The zero-order valence-corrected chi connectivity index (χ0v) is 17.0. The van der Waals surface area contributed by atoms with Crippen molar-refractivity contribution < 1.29 is 19.1 Å². The molecule has 0 fully saturated rings. The van der Waals surface area contributed by atoms with Gasteiger partial charge in [0.2, 0.25) is 0 Å². The topological polar surface area (TPSA) is 64.6 Å². The van der Waals surface area contributed by atoms with Gasteiger partial charge < -0.3 is 14.8 Å². The monoisotopic (exact) mass is 409 g/mol. The molecule has 0 aliphatic heterocycles. The first-order valence-corrected chi connectivity index (χ1v) is 10.3. The fourth-order valence-corrected chi connectivity index (χ4v) is 3.58. The fourth-order valence-electron chi connectivity index (χ4n) is 2.77. The number of benzene rings is 2. The molecule has 0 bridgehead atoms. The van der Waals surface area contributed by atoms with Gasteiger partial charge >= 0.3 is 5.97 Å². The summed E-state index contributed by atoms with van der Waals surface area (Å²) in [5.41, 5.74) is 2.16. The Kier molecular flexibility index (Phi) is 7.41. The molecule has 6 heteroatoms. The lowest BCUT2D eigenvalue weighted by Gasteiger charge is -2.18. The van der Waals surface area contributed by atoms with Crippen LogP contribution in [-0.4, -0.2) is 25.1 Å². The third kappa shape index (κ3) is 6.19. The minimum absolute atomic E-state index is 0.244. The first-order valence-electron chi connectivity index (χ1n) is 9.40. The van der Waals surface area contributed by atoms with Gasteiger partial charge in [0.15, 0.2) is 13.2 Å². The molecule has 1 atom stereocenters. The lowest BCUT2D eigenvalue weighted by Crippen LogP contribution is -2.33. The second kappa shape index (κ2) is 10.4. The number of carbonyl (C=O) groups is 2. The van der Waals surface area contributed by atoms with Crippen molar-refractivity contribution in [2.75, 3.05) is 13.2 Å². The van der Waals surface area contributed by atoms with Crippen molar-refractivity contribution in [1.82, 2.24) is 5.32 Å². The number of hydrogen-bond acceptors (Lipinski definition) is 5. The van der Waals surface area contributed by atoms with Crippen LogP contribution in [0.4, 0.5) is 0 Å². The van der Waals surface area contributed by atoms with E-state index in [1.165, 1.54) is 5.56 Å². The third-order valence-corrected chi connectivity index (χ3v) is 5.26. The summed E-state index contributed by atoms with van der Waals surface area (Å²) in [4.78, 5) is 25.3. The van der Waals surface area contributed by atoms with E-state index in [1.54, 1.807) is 11.3 Å². The quantitative estimate of drug-likeness (QED) is 0.540. The molecule has 1 amide bonds. The van der Waals surface area contributed by atoms with Crippen molar-refractivity contribution in [2.45, 2.75) is 19.4 Å². The number of amides is 1. The first-order chi connectivity index (χ1) is 14.2. The molecule has 2 aromatic carbocycles. The van der Waals surface area contributed by atoms with Crippen LogP contribution in [0.5, 0.6) is 5.75 Å². The van der Waals surface area contributed by atoms with E-state index in [0.717, 1.165) is 16.9 Å². The van der Waals surface area contributed by atoms with Gasteiger partial charge in [0.05, 0.1) is 6.04 Å². The minimum atomic E-state index is -0.591. The zero-order chi connectivity index (χ0) is 20.5. The van der Waals surface area contributed by atoms with Gasteiger partial charge in [-0.25, -0.2) is 4.79 Å². The van der Waals surface area contributed by atoms with Crippen LogP contribution in [0.25, 0.3) is 0 Å². The summed E-state index contributed by atoms with van der Waals surface area (Å²) in [7, 11) is 0. The molecular weight excluding hydrogens is 386 g/mol. The van der Waals surface area contributed by atoms with Gasteiger partial charge in [-0.3, -0.25) is 4.79 Å². The normalized spacial score (nSPS) is 11.5. The number of rotatable bonds is 9. The van der Waals surface area contributed by atoms with Crippen LogP contribution in [-0.2, 0) is 20.7 Å². The second-order valence-corrected chi connectivity index (χ2v) is 7.35. The van der Waals surface area contributed by atoms with E-state index in [2.05, 4.69) is 12.2 Å². The van der Waals surface area contributed by atoms with Crippen molar-refractivity contribution in [1.29, 1.82) is 0 Å². The SMILES string of the molecule is CCc1ccc(OCC(=O)OCC(=O)N[C@H](c2ccccc2)c2cccs2)cc1. The molecule has 150 valence electrons. The minimum Gasteiger partial charge on any atom is -0.482 e. The van der Waals surface area contributed by atoms with Gasteiger partial charge in [0, 0.05) is 4.88 Å². The maximum absolute atomic E-state index is 12.3. The molecule has 1 aromatic heterocycles. The Balaban J connectivity index is 1.49. The third-order valence-electron chi connectivity index (χ3n) is 4.32. The van der Waals surface area contributed by atoms with Gasteiger partial charge in [-0.05, 0) is 41.1 Å². The van der Waals surface area contributed by atoms with Gasteiger partial charge in [0.25, 0.3) is 5.91 Å². The van der Waals surface area contributed by atoms with E-state index in [-0.39, 0.29) is 25.2 Å². The Morgan fingerprint density at radius 3 is 2.38 bits per heavy atom. The molecule has 3 rings (SSSR count). The van der Waals surface area contributed by atoms with Crippen LogP contribution in [0.1, 0.15) is 29.0 Å². The van der Waals surface area contributed by atoms with E-state index in [9.17, 15) is 9.59 Å². The van der Waals surface area contributed by atoms with Crippen molar-refractivity contribution in [3.8, 4) is 5.75 Å². The molecule has 0 radical (unpaired) electrons. The molecule has 0 aliphatic carbocycles. The fraction of sp³-hybridized carbons (Fsp3) is 0.217. The van der Waals surface area contributed by atoms with Crippen LogP contribution in [0.15, 0.2) is 72.1 Å². The van der Waals surface area contributed by atoms with Crippen LogP contribution in [0.2, 0.25) is 0 Å². The van der Waals surface area contributed by atoms with Crippen molar-refractivity contribution in [3.05, 3.63) is 88.1 Å². The van der Waals surface area contributed by atoms with Gasteiger partial charge in [-0.2, -0.15) is 0 Å². The Morgan fingerprint density at radius 2 is 1.72 bits per heavy atom. The highest BCUT2D eigenvalue weighted by Crippen LogP contribution is 2.25. The summed E-state index contributed by atoms with van der Waals surface area (Å²) in [5.74, 6) is -0.370. The van der Waals surface area contributed by atoms with Crippen LogP contribution >= 0.6 is 11.3 Å². The van der Waals surface area contributed by atoms with Crippen LogP contribution in [0, 0.1) is 0 Å². The summed E-state index contributed by atoms with van der Waals surface area (Å²) in [6.07, 6.45) is 0.937. The number of aryl methyl sites for hydroxylation is 1. The van der Waals surface area contributed by atoms with Gasteiger partial charge in [-0.15, -0.1) is 11.3 Å². The number of ether oxygens (including phenoxy) is 2. The number of carbonyl (C=O) groups excluding carboxylic acids is 2. The Hall–Kier alpha value is -3.12. The summed E-state index contributed by atoms with van der Waals surface area (Å²) in [6.45, 7) is 1.47. The largest absolute Gasteiger partial charge is 0.482 e. The number of hydrogen-bond donors (Lipinski definition) is 1. The smallest absolute Gasteiger partial charge is 0.344 e. The Bertz CT molecular complexity index is 908. The molecule has 1 N–H and O–H groups in total. The molecule has 0 aliphatic rings. The number of esters is 1. The molecular formula is C23H23NO4S. The van der Waals surface area contributed by atoms with Crippen LogP contribution in [0.3, 0.4) is 0 Å². The predicted octanol–water partition coefficient (Wildman–Crippen LogP) is 4.14. The highest BCUT2D eigenvalue weighted by molar-refractivity contribution is 7.10. The predicted molar refractivity (Wildman–Crippen MR) is 113 cm³/mol. The van der Waals surface area contributed by atoms with Gasteiger partial charge in [-0.1, -0.05) is 55.5 Å². The van der Waals surface area contributed by atoms with E-state index in [1.807, 2.05) is 72.1 Å². The molecule has 0 unspecified atom stereocenters. The standard InChI is InChI=1S/C23H23NO4S/c1-2-17-10-12-19(13-11-17)27-16-22(26)28-15-21(25)24-23(20-9-6-14-29-20)18-7-4-3-5-8-18/h3-14,23H,2,15-16H2,1H3,(H,24,25)/t23-/m1/s1. The second-order valence-electron chi connectivity index (χ2n) is 6.37. The Morgan fingerprint density at radius 1 is 0.966 bits per heavy atom. The van der Waals surface area contributed by atoms with E-state index >= 15 is 0 Å². The van der Waals surface area contributed by atoms with Crippen LogP contribution < -0.4 is 10.1 Å². The summed E-state index contributed by atoms with van der Waals surface area (Å²) in [5, 5.41) is 4.89.